The van der Waals surface area contributed by atoms with Crippen molar-refractivity contribution in [2.24, 2.45) is 0 Å². The van der Waals surface area contributed by atoms with Crippen LogP contribution >= 0.6 is 0 Å². The molecule has 4 nitrogen and oxygen atoms in total. The molecule has 0 saturated heterocycles. The topological polar surface area (TPSA) is 62.1 Å². The predicted molar refractivity (Wildman–Crippen MR) is 109 cm³/mol. The van der Waals surface area contributed by atoms with Crippen molar-refractivity contribution in [3.63, 3.8) is 0 Å². The van der Waals surface area contributed by atoms with E-state index in [1.807, 2.05) is 60.7 Å². The molecule has 0 spiro atoms. The molecule has 0 saturated carbocycles. The molecule has 0 bridgehead atoms. The summed E-state index contributed by atoms with van der Waals surface area (Å²) < 4.78 is 5.76. The summed E-state index contributed by atoms with van der Waals surface area (Å²) in [6.45, 7) is 0.888. The number of hydrogen-bond donors (Lipinski definition) is 1. The zero-order chi connectivity index (χ0) is 19.6. The van der Waals surface area contributed by atoms with Crippen LogP contribution in [-0.2, 0) is 17.9 Å². The molecule has 0 radical (unpaired) electrons. The van der Waals surface area contributed by atoms with Crippen LogP contribution in [0, 0.1) is 11.3 Å². The lowest BCUT2D eigenvalue weighted by Crippen LogP contribution is -2.20. The van der Waals surface area contributed by atoms with Gasteiger partial charge in [-0.15, -0.1) is 0 Å². The molecule has 0 aromatic heterocycles. The van der Waals surface area contributed by atoms with E-state index in [1.54, 1.807) is 24.3 Å². The van der Waals surface area contributed by atoms with E-state index in [9.17, 15) is 4.79 Å². The van der Waals surface area contributed by atoms with E-state index in [-0.39, 0.29) is 5.91 Å². The molecule has 4 heteroatoms. The zero-order valence-electron chi connectivity index (χ0n) is 15.3. The van der Waals surface area contributed by atoms with E-state index >= 15 is 0 Å². The second-order valence-electron chi connectivity index (χ2n) is 6.17. The number of ether oxygens (including phenoxy) is 1. The Morgan fingerprint density at radius 3 is 2.54 bits per heavy atom. The Morgan fingerprint density at radius 1 is 0.964 bits per heavy atom. The van der Waals surface area contributed by atoms with Gasteiger partial charge in [-0.2, -0.15) is 5.26 Å². The smallest absolute Gasteiger partial charge is 0.244 e. The molecular formula is C24H20N2O2. The molecule has 3 rings (SSSR count). The molecule has 0 aliphatic heterocycles. The molecule has 28 heavy (non-hydrogen) atoms. The van der Waals surface area contributed by atoms with Crippen molar-refractivity contribution < 1.29 is 9.53 Å². The fourth-order valence-corrected chi connectivity index (χ4v) is 2.67. The van der Waals surface area contributed by atoms with Crippen LogP contribution < -0.4 is 10.1 Å². The number of nitriles is 1. The van der Waals surface area contributed by atoms with Gasteiger partial charge < -0.3 is 10.1 Å². The highest BCUT2D eigenvalue weighted by atomic mass is 16.5. The Hall–Kier alpha value is -3.84. The number of hydrogen-bond acceptors (Lipinski definition) is 3. The maximum atomic E-state index is 12.1. The maximum Gasteiger partial charge on any atom is 0.244 e. The molecule has 0 aliphatic rings. The van der Waals surface area contributed by atoms with Crippen molar-refractivity contribution in [1.29, 1.82) is 5.26 Å². The SMILES string of the molecule is N#Cc1ccccc1/C=C/C(=O)NCc1cccc(COc2ccccc2)c1. The number of nitrogens with one attached hydrogen (secondary N) is 1. The van der Waals surface area contributed by atoms with Crippen LogP contribution in [0.4, 0.5) is 0 Å². The number of carbonyl (C=O) groups is 1. The number of carbonyl (C=O) groups excluding carboxylic acids is 1. The molecular weight excluding hydrogens is 348 g/mol. The molecule has 3 aromatic carbocycles. The number of amides is 1. The maximum absolute atomic E-state index is 12.1. The number of nitrogens with zero attached hydrogens (tertiary/aromatic N) is 1. The van der Waals surface area contributed by atoms with Gasteiger partial charge in [0.1, 0.15) is 12.4 Å². The van der Waals surface area contributed by atoms with Crippen molar-refractivity contribution in [3.05, 3.63) is 107 Å². The summed E-state index contributed by atoms with van der Waals surface area (Å²) in [5.74, 6) is 0.614. The Bertz CT molecular complexity index is 1000. The van der Waals surface area contributed by atoms with Crippen molar-refractivity contribution >= 4 is 12.0 Å². The summed E-state index contributed by atoms with van der Waals surface area (Å²) in [7, 11) is 0. The highest BCUT2D eigenvalue weighted by Crippen LogP contribution is 2.13. The largest absolute Gasteiger partial charge is 0.489 e. The van der Waals surface area contributed by atoms with Crippen molar-refractivity contribution in [2.45, 2.75) is 13.2 Å². The van der Waals surface area contributed by atoms with Gasteiger partial charge in [-0.1, -0.05) is 60.7 Å². The summed E-state index contributed by atoms with van der Waals surface area (Å²) in [6.07, 6.45) is 3.09. The van der Waals surface area contributed by atoms with Crippen LogP contribution in [0.3, 0.4) is 0 Å². The molecule has 0 heterocycles. The molecule has 0 unspecified atom stereocenters. The predicted octanol–water partition coefficient (Wildman–Crippen LogP) is 4.47. The quantitative estimate of drug-likeness (QED) is 0.626. The molecule has 1 amide bonds. The lowest BCUT2D eigenvalue weighted by molar-refractivity contribution is -0.116. The Morgan fingerprint density at radius 2 is 1.71 bits per heavy atom. The first-order valence-electron chi connectivity index (χ1n) is 8.95. The van der Waals surface area contributed by atoms with Gasteiger partial charge in [0.15, 0.2) is 0 Å². The van der Waals surface area contributed by atoms with E-state index in [0.717, 1.165) is 22.4 Å². The lowest BCUT2D eigenvalue weighted by Gasteiger charge is -2.08. The van der Waals surface area contributed by atoms with Crippen molar-refractivity contribution in [1.82, 2.24) is 5.32 Å². The summed E-state index contributed by atoms with van der Waals surface area (Å²) in [5.41, 5.74) is 3.29. The second-order valence-corrected chi connectivity index (χ2v) is 6.17. The molecule has 138 valence electrons. The molecule has 0 aliphatic carbocycles. The first kappa shape index (κ1) is 18.9. The highest BCUT2D eigenvalue weighted by Gasteiger charge is 2.01. The summed E-state index contributed by atoms with van der Waals surface area (Å²) >= 11 is 0. The normalized spacial score (nSPS) is 10.4. The van der Waals surface area contributed by atoms with Gasteiger partial charge in [-0.05, 0) is 41.0 Å². The second kappa shape index (κ2) is 9.75. The van der Waals surface area contributed by atoms with Crippen LogP contribution in [0.5, 0.6) is 5.75 Å². The highest BCUT2D eigenvalue weighted by molar-refractivity contribution is 5.92. The van der Waals surface area contributed by atoms with E-state index in [4.69, 9.17) is 10.00 Å². The standard InChI is InChI=1S/C24H20N2O2/c25-16-22-10-5-4-9-21(22)13-14-24(27)26-17-19-7-6-8-20(15-19)18-28-23-11-2-1-3-12-23/h1-15H,17-18H2,(H,26,27)/b14-13+. The van der Waals surface area contributed by atoms with Crippen LogP contribution in [-0.4, -0.2) is 5.91 Å². The van der Waals surface area contributed by atoms with Gasteiger partial charge >= 0.3 is 0 Å². The summed E-state index contributed by atoms with van der Waals surface area (Å²) in [4.78, 5) is 12.1. The summed E-state index contributed by atoms with van der Waals surface area (Å²) in [5, 5.41) is 11.9. The minimum Gasteiger partial charge on any atom is -0.489 e. The van der Waals surface area contributed by atoms with Gasteiger partial charge in [0.25, 0.3) is 0 Å². The van der Waals surface area contributed by atoms with E-state index < -0.39 is 0 Å². The van der Waals surface area contributed by atoms with Gasteiger partial charge in [-0.3, -0.25) is 4.79 Å². The monoisotopic (exact) mass is 368 g/mol. The molecule has 0 atom stereocenters. The average molecular weight is 368 g/mol. The minimum atomic E-state index is -0.210. The molecule has 0 fully saturated rings. The van der Waals surface area contributed by atoms with E-state index in [2.05, 4.69) is 11.4 Å². The van der Waals surface area contributed by atoms with Crippen molar-refractivity contribution in [3.8, 4) is 11.8 Å². The summed E-state index contributed by atoms with van der Waals surface area (Å²) in [6, 6.07) is 26.8. The first-order valence-corrected chi connectivity index (χ1v) is 8.95. The first-order chi connectivity index (χ1) is 13.7. The Balaban J connectivity index is 1.53. The third-order valence-corrected chi connectivity index (χ3v) is 4.10. The van der Waals surface area contributed by atoms with Gasteiger partial charge in [0, 0.05) is 12.6 Å². The van der Waals surface area contributed by atoms with Crippen LogP contribution in [0.15, 0.2) is 84.9 Å². The van der Waals surface area contributed by atoms with Crippen LogP contribution in [0.25, 0.3) is 6.08 Å². The fraction of sp³-hybridized carbons (Fsp3) is 0.0833. The Labute approximate surface area is 164 Å². The minimum absolute atomic E-state index is 0.210. The van der Waals surface area contributed by atoms with Gasteiger partial charge in [0.2, 0.25) is 5.91 Å². The van der Waals surface area contributed by atoms with Crippen LogP contribution in [0.1, 0.15) is 22.3 Å². The fourth-order valence-electron chi connectivity index (χ4n) is 2.67. The third kappa shape index (κ3) is 5.58. The van der Waals surface area contributed by atoms with Crippen LogP contribution in [0.2, 0.25) is 0 Å². The zero-order valence-corrected chi connectivity index (χ0v) is 15.3. The third-order valence-electron chi connectivity index (χ3n) is 4.10. The molecule has 3 aromatic rings. The number of rotatable bonds is 7. The molecule has 1 N–H and O–H groups in total. The average Bonchev–Trinajstić information content (AvgIpc) is 2.76. The van der Waals surface area contributed by atoms with E-state index in [1.165, 1.54) is 6.08 Å². The lowest BCUT2D eigenvalue weighted by atomic mass is 10.1. The number of benzene rings is 3. The van der Waals surface area contributed by atoms with Gasteiger partial charge in [0.05, 0.1) is 11.6 Å². The number of para-hydroxylation sites is 1. The van der Waals surface area contributed by atoms with Crippen molar-refractivity contribution in [2.75, 3.05) is 0 Å². The van der Waals surface area contributed by atoms with E-state index in [0.29, 0.717) is 18.7 Å². The van der Waals surface area contributed by atoms with Gasteiger partial charge in [-0.25, -0.2) is 0 Å². The Kier molecular flexibility index (Phi) is 6.59.